The van der Waals surface area contributed by atoms with Gasteiger partial charge in [0.2, 0.25) is 15.9 Å². The monoisotopic (exact) mass is 282 g/mol. The van der Waals surface area contributed by atoms with E-state index in [9.17, 15) is 13.2 Å². The van der Waals surface area contributed by atoms with Crippen LogP contribution in [0.1, 0.15) is 26.2 Å². The van der Waals surface area contributed by atoms with Crippen molar-refractivity contribution < 1.29 is 13.2 Å². The van der Waals surface area contributed by atoms with Gasteiger partial charge in [0.05, 0.1) is 17.1 Å². The lowest BCUT2D eigenvalue weighted by atomic mass is 10.2. The molecule has 2 rings (SSSR count). The zero-order valence-corrected chi connectivity index (χ0v) is 11.7. The number of nitrogens with zero attached hydrogens (tertiary/aromatic N) is 1. The molecule has 1 heterocycles. The van der Waals surface area contributed by atoms with E-state index in [0.29, 0.717) is 17.8 Å². The fraction of sp³-hybridized carbons (Fsp3) is 0.462. The van der Waals surface area contributed by atoms with Crippen molar-refractivity contribution in [2.24, 2.45) is 0 Å². The number of para-hydroxylation sites is 2. The quantitative estimate of drug-likeness (QED) is 0.840. The summed E-state index contributed by atoms with van der Waals surface area (Å²) in [6.45, 7) is 1.89. The van der Waals surface area contributed by atoms with Gasteiger partial charge in [0.25, 0.3) is 0 Å². The number of benzene rings is 1. The number of carbonyl (C=O) groups excluding carboxylic acids is 1. The van der Waals surface area contributed by atoms with Gasteiger partial charge in [-0.1, -0.05) is 31.9 Å². The Morgan fingerprint density at radius 1 is 1.26 bits per heavy atom. The normalized spacial score (nSPS) is 15.0. The summed E-state index contributed by atoms with van der Waals surface area (Å²) in [6.07, 6.45) is 2.46. The van der Waals surface area contributed by atoms with Gasteiger partial charge in [-0.2, -0.15) is 0 Å². The Hall–Kier alpha value is -1.56. The Labute approximate surface area is 113 Å². The average Bonchev–Trinajstić information content (AvgIpc) is 2.38. The van der Waals surface area contributed by atoms with Crippen LogP contribution in [-0.2, 0) is 14.8 Å². The molecular formula is C13H18N2O3S. The highest BCUT2D eigenvalue weighted by molar-refractivity contribution is 7.92. The van der Waals surface area contributed by atoms with Crippen molar-refractivity contribution in [2.45, 2.75) is 26.2 Å². The standard InChI is InChI=1S/C13H18N2O3S/c1-2-3-6-9-19(17,18)15-10-13(16)14-11-7-4-5-8-12(11)15/h4-5,7-8H,2-3,6,9-10H2,1H3,(H,14,16). The van der Waals surface area contributed by atoms with Crippen LogP contribution >= 0.6 is 0 Å². The van der Waals surface area contributed by atoms with Crippen LogP contribution in [0.5, 0.6) is 0 Å². The fourth-order valence-electron chi connectivity index (χ4n) is 2.10. The Kier molecular flexibility index (Phi) is 4.09. The van der Waals surface area contributed by atoms with E-state index in [1.165, 1.54) is 4.31 Å². The zero-order chi connectivity index (χ0) is 13.9. The van der Waals surface area contributed by atoms with Crippen molar-refractivity contribution in [3.05, 3.63) is 24.3 Å². The number of anilines is 2. The van der Waals surface area contributed by atoms with E-state index in [1.807, 2.05) is 6.92 Å². The average molecular weight is 282 g/mol. The molecule has 1 aromatic carbocycles. The van der Waals surface area contributed by atoms with Crippen molar-refractivity contribution in [3.8, 4) is 0 Å². The van der Waals surface area contributed by atoms with Crippen LogP contribution in [0.3, 0.4) is 0 Å². The highest BCUT2D eigenvalue weighted by Gasteiger charge is 2.30. The van der Waals surface area contributed by atoms with Crippen LogP contribution in [0.15, 0.2) is 24.3 Å². The van der Waals surface area contributed by atoms with Crippen molar-refractivity contribution in [3.63, 3.8) is 0 Å². The first-order valence-electron chi connectivity index (χ1n) is 6.44. The lowest BCUT2D eigenvalue weighted by molar-refractivity contribution is -0.115. The van der Waals surface area contributed by atoms with E-state index in [2.05, 4.69) is 5.32 Å². The summed E-state index contributed by atoms with van der Waals surface area (Å²) in [5.74, 6) is -0.208. The molecule has 0 saturated carbocycles. The Balaban J connectivity index is 2.27. The molecule has 1 aliphatic heterocycles. The zero-order valence-electron chi connectivity index (χ0n) is 10.9. The maximum Gasteiger partial charge on any atom is 0.245 e. The first kappa shape index (κ1) is 13.9. The van der Waals surface area contributed by atoms with Crippen LogP contribution in [-0.4, -0.2) is 26.6 Å². The fourth-order valence-corrected chi connectivity index (χ4v) is 3.66. The first-order valence-corrected chi connectivity index (χ1v) is 8.05. The molecule has 5 nitrogen and oxygen atoms in total. The topological polar surface area (TPSA) is 66.5 Å². The molecule has 0 atom stereocenters. The third-order valence-electron chi connectivity index (χ3n) is 3.08. The number of fused-ring (bicyclic) bond motifs is 1. The van der Waals surface area contributed by atoms with Crippen LogP contribution in [0.2, 0.25) is 0 Å². The molecule has 1 amide bonds. The van der Waals surface area contributed by atoms with Crippen LogP contribution in [0.4, 0.5) is 11.4 Å². The Bertz CT molecular complexity index is 569. The molecule has 0 aliphatic carbocycles. The van der Waals surface area contributed by atoms with Gasteiger partial charge in [-0.3, -0.25) is 9.10 Å². The maximum atomic E-state index is 12.3. The van der Waals surface area contributed by atoms with Gasteiger partial charge in [0.15, 0.2) is 0 Å². The molecular weight excluding hydrogens is 264 g/mol. The number of hydrogen-bond acceptors (Lipinski definition) is 3. The summed E-state index contributed by atoms with van der Waals surface area (Å²) in [4.78, 5) is 11.6. The molecule has 6 heteroatoms. The predicted octanol–water partition coefficient (Wildman–Crippen LogP) is 1.97. The first-order chi connectivity index (χ1) is 9.04. The maximum absolute atomic E-state index is 12.3. The van der Waals surface area contributed by atoms with E-state index in [4.69, 9.17) is 0 Å². The highest BCUT2D eigenvalue weighted by atomic mass is 32.2. The molecule has 1 N–H and O–H groups in total. The smallest absolute Gasteiger partial charge is 0.245 e. The van der Waals surface area contributed by atoms with Gasteiger partial charge >= 0.3 is 0 Å². The molecule has 0 spiro atoms. The second kappa shape index (κ2) is 5.61. The summed E-state index contributed by atoms with van der Waals surface area (Å²) in [7, 11) is -3.43. The Morgan fingerprint density at radius 3 is 2.74 bits per heavy atom. The molecule has 0 bridgehead atoms. The minimum absolute atomic E-state index is 0.0858. The van der Waals surface area contributed by atoms with E-state index >= 15 is 0 Å². The van der Waals surface area contributed by atoms with Crippen molar-refractivity contribution in [1.29, 1.82) is 0 Å². The van der Waals surface area contributed by atoms with Crippen LogP contribution in [0.25, 0.3) is 0 Å². The second-order valence-electron chi connectivity index (χ2n) is 4.60. The largest absolute Gasteiger partial charge is 0.323 e. The molecule has 104 valence electrons. The van der Waals surface area contributed by atoms with Gasteiger partial charge in [0, 0.05) is 0 Å². The molecule has 0 aromatic heterocycles. The van der Waals surface area contributed by atoms with Gasteiger partial charge in [-0.05, 0) is 18.6 Å². The van der Waals surface area contributed by atoms with E-state index in [1.54, 1.807) is 24.3 Å². The van der Waals surface area contributed by atoms with Gasteiger partial charge < -0.3 is 5.32 Å². The van der Waals surface area contributed by atoms with Crippen molar-refractivity contribution >= 4 is 27.3 Å². The summed E-state index contributed by atoms with van der Waals surface area (Å²) in [5, 5.41) is 2.68. The van der Waals surface area contributed by atoms with Crippen LogP contribution < -0.4 is 9.62 Å². The summed E-state index contributed by atoms with van der Waals surface area (Å²) >= 11 is 0. The summed E-state index contributed by atoms with van der Waals surface area (Å²) in [6, 6.07) is 6.96. The molecule has 0 fully saturated rings. The number of carbonyl (C=O) groups is 1. The van der Waals surface area contributed by atoms with E-state index in [-0.39, 0.29) is 18.2 Å². The molecule has 0 saturated heterocycles. The number of nitrogens with one attached hydrogen (secondary N) is 1. The lowest BCUT2D eigenvalue weighted by Gasteiger charge is -2.30. The summed E-state index contributed by atoms with van der Waals surface area (Å²) in [5.41, 5.74) is 1.11. The molecule has 0 unspecified atom stereocenters. The minimum atomic E-state index is -3.43. The van der Waals surface area contributed by atoms with Gasteiger partial charge in [0.1, 0.15) is 6.54 Å². The van der Waals surface area contributed by atoms with E-state index < -0.39 is 10.0 Å². The number of hydrogen-bond donors (Lipinski definition) is 1. The van der Waals surface area contributed by atoms with E-state index in [0.717, 1.165) is 12.8 Å². The molecule has 0 radical (unpaired) electrons. The minimum Gasteiger partial charge on any atom is -0.323 e. The van der Waals surface area contributed by atoms with Crippen LogP contribution in [0, 0.1) is 0 Å². The number of amides is 1. The van der Waals surface area contributed by atoms with Crippen molar-refractivity contribution in [1.82, 2.24) is 0 Å². The molecule has 1 aromatic rings. The lowest BCUT2D eigenvalue weighted by Crippen LogP contribution is -2.43. The molecule has 1 aliphatic rings. The third kappa shape index (κ3) is 3.07. The van der Waals surface area contributed by atoms with Gasteiger partial charge in [-0.15, -0.1) is 0 Å². The van der Waals surface area contributed by atoms with Gasteiger partial charge in [-0.25, -0.2) is 8.42 Å². The number of rotatable bonds is 5. The molecule has 19 heavy (non-hydrogen) atoms. The predicted molar refractivity (Wildman–Crippen MR) is 75.7 cm³/mol. The Morgan fingerprint density at radius 2 is 2.00 bits per heavy atom. The SMILES string of the molecule is CCCCCS(=O)(=O)N1CC(=O)Nc2ccccc21. The second-order valence-corrected chi connectivity index (χ2v) is 6.61. The van der Waals surface area contributed by atoms with Crippen molar-refractivity contribution in [2.75, 3.05) is 21.9 Å². The summed E-state index contributed by atoms with van der Waals surface area (Å²) < 4.78 is 25.8. The highest BCUT2D eigenvalue weighted by Crippen LogP contribution is 2.31. The number of unbranched alkanes of at least 4 members (excludes halogenated alkanes) is 2. The number of sulfonamides is 1. The third-order valence-corrected chi connectivity index (χ3v) is 4.88.